The number of hydrogen-bond donors (Lipinski definition) is 1. The normalized spacial score (nSPS) is 10.8. The van der Waals surface area contributed by atoms with Crippen LogP contribution in [0.25, 0.3) is 11.1 Å². The van der Waals surface area contributed by atoms with Crippen LogP contribution in [0.2, 0.25) is 0 Å². The van der Waals surface area contributed by atoms with Gasteiger partial charge in [0.05, 0.1) is 0 Å². The first-order valence-corrected chi connectivity index (χ1v) is 6.54. The highest BCUT2D eigenvalue weighted by Crippen LogP contribution is 2.28. The Bertz CT molecular complexity index is 602. The smallest absolute Gasteiger partial charge is 0.127 e. The Morgan fingerprint density at radius 1 is 0.947 bits per heavy atom. The summed E-state index contributed by atoms with van der Waals surface area (Å²) >= 11 is 0. The van der Waals surface area contributed by atoms with E-state index in [9.17, 15) is 4.39 Å². The summed E-state index contributed by atoms with van der Waals surface area (Å²) in [5.41, 5.74) is 6.74. The summed E-state index contributed by atoms with van der Waals surface area (Å²) in [7, 11) is 1.83. The van der Waals surface area contributed by atoms with E-state index in [4.69, 9.17) is 0 Å². The number of nitrogens with one attached hydrogen (secondary N) is 1. The third-order valence-corrected chi connectivity index (χ3v) is 3.56. The van der Waals surface area contributed by atoms with E-state index in [1.165, 1.54) is 22.3 Å². The van der Waals surface area contributed by atoms with Gasteiger partial charge in [-0.2, -0.15) is 0 Å². The van der Waals surface area contributed by atoms with E-state index < -0.39 is 0 Å². The monoisotopic (exact) mass is 257 g/mol. The van der Waals surface area contributed by atoms with Crippen molar-refractivity contribution in [3.05, 3.63) is 58.4 Å². The zero-order valence-electron chi connectivity index (χ0n) is 12.0. The van der Waals surface area contributed by atoms with Crippen molar-refractivity contribution in [2.24, 2.45) is 0 Å². The van der Waals surface area contributed by atoms with Gasteiger partial charge in [0.2, 0.25) is 0 Å². The van der Waals surface area contributed by atoms with Crippen LogP contribution in [-0.4, -0.2) is 7.05 Å². The van der Waals surface area contributed by atoms with Crippen molar-refractivity contribution in [3.8, 4) is 11.1 Å². The van der Waals surface area contributed by atoms with Gasteiger partial charge < -0.3 is 5.32 Å². The number of aryl methyl sites for hydroxylation is 3. The lowest BCUT2D eigenvalue weighted by Gasteiger charge is -2.12. The van der Waals surface area contributed by atoms with Gasteiger partial charge in [-0.15, -0.1) is 0 Å². The predicted molar refractivity (Wildman–Crippen MR) is 78.8 cm³/mol. The molecule has 0 aliphatic heterocycles. The van der Waals surface area contributed by atoms with Crippen LogP contribution in [0.5, 0.6) is 0 Å². The zero-order chi connectivity index (χ0) is 14.0. The van der Waals surface area contributed by atoms with Gasteiger partial charge in [-0.25, -0.2) is 4.39 Å². The summed E-state index contributed by atoms with van der Waals surface area (Å²) in [6, 6.07) is 9.71. The van der Waals surface area contributed by atoms with Crippen molar-refractivity contribution in [1.82, 2.24) is 5.32 Å². The second kappa shape index (κ2) is 5.54. The van der Waals surface area contributed by atoms with Gasteiger partial charge >= 0.3 is 0 Å². The molecule has 19 heavy (non-hydrogen) atoms. The molecule has 0 spiro atoms. The largest absolute Gasteiger partial charge is 0.316 e. The summed E-state index contributed by atoms with van der Waals surface area (Å²) in [5.74, 6) is -0.153. The first kappa shape index (κ1) is 13.8. The fraction of sp³-hybridized carbons (Fsp3) is 0.294. The fourth-order valence-corrected chi connectivity index (χ4v) is 2.34. The van der Waals surface area contributed by atoms with Gasteiger partial charge in [-0.3, -0.25) is 0 Å². The maximum Gasteiger partial charge on any atom is 0.127 e. The molecule has 0 saturated carbocycles. The van der Waals surface area contributed by atoms with Gasteiger partial charge in [0.25, 0.3) is 0 Å². The van der Waals surface area contributed by atoms with E-state index in [1.807, 2.05) is 19.2 Å². The Morgan fingerprint density at radius 2 is 1.63 bits per heavy atom. The zero-order valence-corrected chi connectivity index (χ0v) is 12.0. The standard InChI is InChI=1S/C17H20FN/c1-11-7-13(3)16(8-12(11)2)14-5-6-17(18)15(9-14)10-19-4/h5-9,19H,10H2,1-4H3. The Labute approximate surface area is 114 Å². The van der Waals surface area contributed by atoms with E-state index in [0.29, 0.717) is 12.1 Å². The molecule has 0 heterocycles. The highest BCUT2D eigenvalue weighted by atomic mass is 19.1. The average molecular weight is 257 g/mol. The lowest BCUT2D eigenvalue weighted by molar-refractivity contribution is 0.601. The van der Waals surface area contributed by atoms with Crippen LogP contribution in [-0.2, 0) is 6.54 Å². The lowest BCUT2D eigenvalue weighted by atomic mass is 9.94. The van der Waals surface area contributed by atoms with Crippen LogP contribution >= 0.6 is 0 Å². The van der Waals surface area contributed by atoms with Crippen molar-refractivity contribution in [2.45, 2.75) is 27.3 Å². The molecule has 2 aromatic rings. The van der Waals surface area contributed by atoms with Crippen molar-refractivity contribution in [3.63, 3.8) is 0 Å². The first-order chi connectivity index (χ1) is 9.02. The molecule has 0 saturated heterocycles. The van der Waals surface area contributed by atoms with Gasteiger partial charge in [0, 0.05) is 12.1 Å². The molecule has 0 radical (unpaired) electrons. The van der Waals surface area contributed by atoms with E-state index in [0.717, 1.165) is 5.56 Å². The maximum absolute atomic E-state index is 13.7. The number of benzene rings is 2. The third-order valence-electron chi connectivity index (χ3n) is 3.56. The summed E-state index contributed by atoms with van der Waals surface area (Å²) in [5, 5.41) is 3.00. The molecule has 2 aromatic carbocycles. The summed E-state index contributed by atoms with van der Waals surface area (Å²) < 4.78 is 13.7. The minimum atomic E-state index is -0.153. The first-order valence-electron chi connectivity index (χ1n) is 6.54. The van der Waals surface area contributed by atoms with Crippen molar-refractivity contribution < 1.29 is 4.39 Å². The van der Waals surface area contributed by atoms with Crippen LogP contribution in [0.1, 0.15) is 22.3 Å². The number of hydrogen-bond acceptors (Lipinski definition) is 1. The highest BCUT2D eigenvalue weighted by molar-refractivity contribution is 5.69. The molecule has 0 aliphatic carbocycles. The second-order valence-electron chi connectivity index (χ2n) is 5.09. The van der Waals surface area contributed by atoms with E-state index >= 15 is 0 Å². The highest BCUT2D eigenvalue weighted by Gasteiger charge is 2.08. The Balaban J connectivity index is 2.53. The summed E-state index contributed by atoms with van der Waals surface area (Å²) in [6.45, 7) is 6.87. The second-order valence-corrected chi connectivity index (χ2v) is 5.09. The van der Waals surface area contributed by atoms with E-state index in [2.05, 4.69) is 38.2 Å². The van der Waals surface area contributed by atoms with Crippen LogP contribution in [0.4, 0.5) is 4.39 Å². The fourth-order valence-electron chi connectivity index (χ4n) is 2.34. The van der Waals surface area contributed by atoms with Gasteiger partial charge in [-0.05, 0) is 67.8 Å². The minimum absolute atomic E-state index is 0.153. The van der Waals surface area contributed by atoms with Crippen molar-refractivity contribution in [1.29, 1.82) is 0 Å². The molecule has 2 rings (SSSR count). The molecule has 1 nitrogen and oxygen atoms in total. The van der Waals surface area contributed by atoms with Crippen LogP contribution in [0.3, 0.4) is 0 Å². The SMILES string of the molecule is CNCc1cc(-c2cc(C)c(C)cc2C)ccc1F. The van der Waals surface area contributed by atoms with Crippen LogP contribution in [0, 0.1) is 26.6 Å². The molecule has 0 bridgehead atoms. The molecule has 100 valence electrons. The molecule has 1 N–H and O–H groups in total. The lowest BCUT2D eigenvalue weighted by Crippen LogP contribution is -2.07. The summed E-state index contributed by atoms with van der Waals surface area (Å²) in [6.07, 6.45) is 0. The predicted octanol–water partition coefficient (Wildman–Crippen LogP) is 4.14. The maximum atomic E-state index is 13.7. The third kappa shape index (κ3) is 2.85. The molecule has 0 aromatic heterocycles. The average Bonchev–Trinajstić information content (AvgIpc) is 2.37. The van der Waals surface area contributed by atoms with Crippen LogP contribution < -0.4 is 5.32 Å². The molecule has 0 aliphatic rings. The molecule has 0 fully saturated rings. The van der Waals surface area contributed by atoms with Crippen LogP contribution in [0.15, 0.2) is 30.3 Å². The Hall–Kier alpha value is -1.67. The molecule has 0 atom stereocenters. The molecule has 0 unspecified atom stereocenters. The number of rotatable bonds is 3. The molecule has 2 heteroatoms. The molecular formula is C17H20FN. The topological polar surface area (TPSA) is 12.0 Å². The summed E-state index contributed by atoms with van der Waals surface area (Å²) in [4.78, 5) is 0. The number of halogens is 1. The minimum Gasteiger partial charge on any atom is -0.316 e. The Kier molecular flexibility index (Phi) is 4.01. The van der Waals surface area contributed by atoms with Crippen molar-refractivity contribution in [2.75, 3.05) is 7.05 Å². The van der Waals surface area contributed by atoms with E-state index in [-0.39, 0.29) is 5.82 Å². The molecule has 0 amide bonds. The van der Waals surface area contributed by atoms with E-state index in [1.54, 1.807) is 6.07 Å². The quantitative estimate of drug-likeness (QED) is 0.871. The van der Waals surface area contributed by atoms with Gasteiger partial charge in [0.1, 0.15) is 5.82 Å². The van der Waals surface area contributed by atoms with Gasteiger partial charge in [-0.1, -0.05) is 18.2 Å². The van der Waals surface area contributed by atoms with Gasteiger partial charge in [0.15, 0.2) is 0 Å². The molecular weight excluding hydrogens is 237 g/mol. The Morgan fingerprint density at radius 3 is 2.32 bits per heavy atom. The van der Waals surface area contributed by atoms with Crippen molar-refractivity contribution >= 4 is 0 Å².